The zero-order valence-electron chi connectivity index (χ0n) is 11.3. The molecule has 0 saturated carbocycles. The Morgan fingerprint density at radius 3 is 2.58 bits per heavy atom. The maximum atomic E-state index is 12.1. The number of furan rings is 2. The van der Waals surface area contributed by atoms with Gasteiger partial charge in [-0.25, -0.2) is 0 Å². The molecule has 19 heavy (non-hydrogen) atoms. The lowest BCUT2D eigenvalue weighted by Gasteiger charge is -2.13. The molecule has 0 aliphatic heterocycles. The fraction of sp³-hybridized carbons (Fsp3) is 0.357. The Balaban J connectivity index is 2.01. The van der Waals surface area contributed by atoms with Crippen LogP contribution in [-0.4, -0.2) is 25.0 Å². The monoisotopic (exact) mass is 263 g/mol. The summed E-state index contributed by atoms with van der Waals surface area (Å²) in [6, 6.07) is 7.12. The Morgan fingerprint density at radius 2 is 1.95 bits per heavy atom. The predicted molar refractivity (Wildman–Crippen MR) is 68.7 cm³/mol. The van der Waals surface area contributed by atoms with Crippen LogP contribution < -0.4 is 0 Å². The molecule has 2 heterocycles. The molecule has 0 aliphatic rings. The number of ether oxygens (including phenoxy) is 1. The van der Waals surface area contributed by atoms with Crippen molar-refractivity contribution < 1.29 is 18.4 Å². The van der Waals surface area contributed by atoms with Crippen LogP contribution in [0.5, 0.6) is 0 Å². The van der Waals surface area contributed by atoms with Gasteiger partial charge in [0, 0.05) is 14.2 Å². The van der Waals surface area contributed by atoms with E-state index in [0.717, 1.165) is 11.5 Å². The van der Waals surface area contributed by atoms with Crippen molar-refractivity contribution in [1.82, 2.24) is 4.90 Å². The van der Waals surface area contributed by atoms with Crippen molar-refractivity contribution in [2.45, 2.75) is 20.1 Å². The van der Waals surface area contributed by atoms with Crippen LogP contribution in [0.2, 0.25) is 0 Å². The first-order chi connectivity index (χ1) is 9.10. The summed E-state index contributed by atoms with van der Waals surface area (Å²) in [7, 11) is 3.29. The van der Waals surface area contributed by atoms with E-state index in [-0.39, 0.29) is 5.91 Å². The lowest BCUT2D eigenvalue weighted by molar-refractivity contribution is 0.0735. The van der Waals surface area contributed by atoms with Crippen LogP contribution in [0.25, 0.3) is 0 Å². The number of rotatable bonds is 5. The van der Waals surface area contributed by atoms with Crippen molar-refractivity contribution in [1.29, 1.82) is 0 Å². The van der Waals surface area contributed by atoms with Crippen LogP contribution in [0.3, 0.4) is 0 Å². The highest BCUT2D eigenvalue weighted by Crippen LogP contribution is 2.14. The number of nitrogens with zero attached hydrogens (tertiary/aromatic N) is 1. The molecule has 0 saturated heterocycles. The second kappa shape index (κ2) is 5.75. The van der Waals surface area contributed by atoms with E-state index in [1.807, 2.05) is 19.1 Å². The maximum Gasteiger partial charge on any atom is 0.289 e. The number of methoxy groups -OCH3 is 1. The summed E-state index contributed by atoms with van der Waals surface area (Å²) in [6.45, 7) is 2.64. The van der Waals surface area contributed by atoms with Gasteiger partial charge in [0.1, 0.15) is 23.9 Å². The molecule has 5 heteroatoms. The quantitative estimate of drug-likeness (QED) is 0.832. The fourth-order valence-electron chi connectivity index (χ4n) is 1.78. The van der Waals surface area contributed by atoms with Gasteiger partial charge in [0.25, 0.3) is 5.91 Å². The van der Waals surface area contributed by atoms with Gasteiger partial charge < -0.3 is 18.5 Å². The fourth-order valence-corrected chi connectivity index (χ4v) is 1.78. The van der Waals surface area contributed by atoms with Gasteiger partial charge in [-0.1, -0.05) is 0 Å². The van der Waals surface area contributed by atoms with E-state index in [9.17, 15) is 4.79 Å². The van der Waals surface area contributed by atoms with E-state index in [2.05, 4.69) is 0 Å². The number of carbonyl (C=O) groups is 1. The Hall–Kier alpha value is -2.01. The molecule has 0 N–H and O–H groups in total. The molecule has 0 aromatic carbocycles. The summed E-state index contributed by atoms with van der Waals surface area (Å²) in [5.41, 5.74) is 0. The third-order valence-electron chi connectivity index (χ3n) is 2.69. The van der Waals surface area contributed by atoms with E-state index in [1.54, 1.807) is 31.2 Å². The van der Waals surface area contributed by atoms with Crippen molar-refractivity contribution in [2.75, 3.05) is 14.2 Å². The van der Waals surface area contributed by atoms with Crippen molar-refractivity contribution in [3.05, 3.63) is 47.3 Å². The molecular formula is C14H17NO4. The minimum atomic E-state index is -0.184. The van der Waals surface area contributed by atoms with Gasteiger partial charge in [-0.3, -0.25) is 4.79 Å². The first-order valence-corrected chi connectivity index (χ1v) is 5.98. The highest BCUT2D eigenvalue weighted by atomic mass is 16.5. The van der Waals surface area contributed by atoms with Crippen LogP contribution in [-0.2, 0) is 17.9 Å². The molecule has 0 radical (unpaired) electrons. The standard InChI is InChI=1S/C14H17NO4/c1-10-4-5-11(18-10)8-15(2)14(16)13-7-6-12(19-13)9-17-3/h4-7H,8-9H2,1-3H3. The molecule has 0 bridgehead atoms. The van der Waals surface area contributed by atoms with Crippen LogP contribution in [0.1, 0.15) is 27.8 Å². The topological polar surface area (TPSA) is 55.8 Å². The van der Waals surface area contributed by atoms with Crippen LogP contribution in [0.4, 0.5) is 0 Å². The van der Waals surface area contributed by atoms with E-state index < -0.39 is 0 Å². The molecule has 0 atom stereocenters. The van der Waals surface area contributed by atoms with E-state index in [0.29, 0.717) is 24.7 Å². The molecule has 0 spiro atoms. The average Bonchev–Trinajstić information content (AvgIpc) is 2.98. The van der Waals surface area contributed by atoms with Gasteiger partial charge in [0.15, 0.2) is 5.76 Å². The summed E-state index contributed by atoms with van der Waals surface area (Å²) in [5.74, 6) is 2.33. The van der Waals surface area contributed by atoms with Crippen molar-refractivity contribution >= 4 is 5.91 Å². The van der Waals surface area contributed by atoms with Gasteiger partial charge in [-0.05, 0) is 31.2 Å². The smallest absolute Gasteiger partial charge is 0.289 e. The molecule has 1 amide bonds. The van der Waals surface area contributed by atoms with Gasteiger partial charge in [0.05, 0.1) is 6.54 Å². The van der Waals surface area contributed by atoms with E-state index >= 15 is 0 Å². The second-order valence-corrected chi connectivity index (χ2v) is 4.37. The molecule has 2 aromatic heterocycles. The Kier molecular flexibility index (Phi) is 4.06. The Morgan fingerprint density at radius 1 is 1.21 bits per heavy atom. The number of hydrogen-bond acceptors (Lipinski definition) is 4. The first-order valence-electron chi connectivity index (χ1n) is 5.98. The van der Waals surface area contributed by atoms with Gasteiger partial charge in [-0.15, -0.1) is 0 Å². The zero-order valence-corrected chi connectivity index (χ0v) is 11.3. The Bertz CT molecular complexity index is 555. The second-order valence-electron chi connectivity index (χ2n) is 4.37. The van der Waals surface area contributed by atoms with Crippen molar-refractivity contribution in [2.24, 2.45) is 0 Å². The first kappa shape index (κ1) is 13.4. The number of amides is 1. The van der Waals surface area contributed by atoms with Gasteiger partial charge >= 0.3 is 0 Å². The zero-order chi connectivity index (χ0) is 13.8. The predicted octanol–water partition coefficient (Wildman–Crippen LogP) is 2.60. The molecule has 0 fully saturated rings. The number of carbonyl (C=O) groups excluding carboxylic acids is 1. The van der Waals surface area contributed by atoms with Crippen molar-refractivity contribution in [3.8, 4) is 0 Å². The third kappa shape index (κ3) is 3.26. The summed E-state index contributed by atoms with van der Waals surface area (Å²) in [4.78, 5) is 13.7. The van der Waals surface area contributed by atoms with Crippen LogP contribution in [0.15, 0.2) is 33.1 Å². The normalized spacial score (nSPS) is 10.7. The average molecular weight is 263 g/mol. The van der Waals surface area contributed by atoms with Gasteiger partial charge in [0.2, 0.25) is 0 Å². The lowest BCUT2D eigenvalue weighted by atomic mass is 10.3. The molecule has 102 valence electrons. The van der Waals surface area contributed by atoms with E-state index in [4.69, 9.17) is 13.6 Å². The van der Waals surface area contributed by atoms with Crippen molar-refractivity contribution in [3.63, 3.8) is 0 Å². The SMILES string of the molecule is COCc1ccc(C(=O)N(C)Cc2ccc(C)o2)o1. The van der Waals surface area contributed by atoms with Crippen LogP contribution in [0, 0.1) is 6.92 Å². The highest BCUT2D eigenvalue weighted by Gasteiger charge is 2.17. The molecule has 2 rings (SSSR count). The van der Waals surface area contributed by atoms with E-state index in [1.165, 1.54) is 0 Å². The van der Waals surface area contributed by atoms with Gasteiger partial charge in [-0.2, -0.15) is 0 Å². The summed E-state index contributed by atoms with van der Waals surface area (Å²) in [6.07, 6.45) is 0. The number of aryl methyl sites for hydroxylation is 1. The maximum absolute atomic E-state index is 12.1. The molecule has 0 unspecified atom stereocenters. The van der Waals surface area contributed by atoms with Crippen LogP contribution >= 0.6 is 0 Å². The molecule has 0 aliphatic carbocycles. The highest BCUT2D eigenvalue weighted by molar-refractivity contribution is 5.91. The largest absolute Gasteiger partial charge is 0.464 e. The molecule has 2 aromatic rings. The Labute approximate surface area is 111 Å². The molecular weight excluding hydrogens is 246 g/mol. The lowest BCUT2D eigenvalue weighted by Crippen LogP contribution is -2.25. The third-order valence-corrected chi connectivity index (χ3v) is 2.69. The number of hydrogen-bond donors (Lipinski definition) is 0. The summed E-state index contributed by atoms with van der Waals surface area (Å²) in [5, 5.41) is 0. The summed E-state index contributed by atoms with van der Waals surface area (Å²) >= 11 is 0. The minimum absolute atomic E-state index is 0.184. The summed E-state index contributed by atoms with van der Waals surface area (Å²) < 4.78 is 15.8. The molecule has 5 nitrogen and oxygen atoms in total. The minimum Gasteiger partial charge on any atom is -0.464 e.